The molecule has 5 heteroatoms. The van der Waals surface area contributed by atoms with Gasteiger partial charge in [-0.15, -0.1) is 0 Å². The number of oxazole rings is 1. The van der Waals surface area contributed by atoms with Crippen LogP contribution >= 0.6 is 0 Å². The number of fused-ring (bicyclic) bond motifs is 2. The zero-order valence-corrected chi connectivity index (χ0v) is 13.1. The summed E-state index contributed by atoms with van der Waals surface area (Å²) < 4.78 is 6.71. The third-order valence-corrected chi connectivity index (χ3v) is 4.64. The first kappa shape index (κ1) is 14.1. The van der Waals surface area contributed by atoms with Crippen LogP contribution < -0.4 is 11.1 Å². The van der Waals surface area contributed by atoms with Crippen molar-refractivity contribution in [1.29, 1.82) is 0 Å². The van der Waals surface area contributed by atoms with Crippen LogP contribution in [0.5, 0.6) is 0 Å². The molecule has 0 radical (unpaired) electrons. The van der Waals surface area contributed by atoms with Crippen LogP contribution in [0.4, 0.5) is 5.69 Å². The molecule has 1 N–H and O–H groups in total. The molecule has 4 rings (SSSR count). The van der Waals surface area contributed by atoms with Crippen LogP contribution in [-0.4, -0.2) is 15.6 Å². The van der Waals surface area contributed by atoms with E-state index in [2.05, 4.69) is 16.4 Å². The molecule has 0 bridgehead atoms. The lowest BCUT2D eigenvalue weighted by Gasteiger charge is -2.17. The molecule has 0 aliphatic heterocycles. The van der Waals surface area contributed by atoms with Gasteiger partial charge in [0.1, 0.15) is 0 Å². The van der Waals surface area contributed by atoms with E-state index in [1.807, 2.05) is 30.5 Å². The standard InChI is InChI=1S/C18H19N3O2/c1-21-16-11-14(7-9-17(16)23-18(21)22)20-13-5-4-12-3-2-10-19-15(12)8-6-13/h2-3,7,9-11,13,20H,4-6,8H2,1H3. The normalized spacial score (nSPS) is 17.7. The fourth-order valence-electron chi connectivity index (χ4n) is 3.31. The van der Waals surface area contributed by atoms with Gasteiger partial charge in [0.25, 0.3) is 0 Å². The molecule has 23 heavy (non-hydrogen) atoms. The minimum absolute atomic E-state index is 0.326. The average Bonchev–Trinajstić information content (AvgIpc) is 2.74. The van der Waals surface area contributed by atoms with E-state index >= 15 is 0 Å². The number of benzene rings is 1. The molecule has 0 spiro atoms. The van der Waals surface area contributed by atoms with Crippen molar-refractivity contribution in [2.24, 2.45) is 7.05 Å². The number of aryl methyl sites for hydroxylation is 3. The summed E-state index contributed by atoms with van der Waals surface area (Å²) >= 11 is 0. The second kappa shape index (κ2) is 5.57. The van der Waals surface area contributed by atoms with Gasteiger partial charge in [0, 0.05) is 30.7 Å². The Labute approximate surface area is 134 Å². The summed E-state index contributed by atoms with van der Waals surface area (Å²) in [6, 6.07) is 10.4. The van der Waals surface area contributed by atoms with E-state index in [-0.39, 0.29) is 5.76 Å². The van der Waals surface area contributed by atoms with Crippen molar-refractivity contribution in [3.63, 3.8) is 0 Å². The minimum atomic E-state index is -0.326. The zero-order valence-electron chi connectivity index (χ0n) is 13.1. The Hall–Kier alpha value is -2.56. The van der Waals surface area contributed by atoms with Gasteiger partial charge in [0.15, 0.2) is 5.58 Å². The van der Waals surface area contributed by atoms with E-state index in [9.17, 15) is 4.79 Å². The molecule has 3 aromatic rings. The number of nitrogens with one attached hydrogen (secondary N) is 1. The highest BCUT2D eigenvalue weighted by atomic mass is 16.4. The van der Waals surface area contributed by atoms with Crippen LogP contribution in [0.3, 0.4) is 0 Å². The lowest BCUT2D eigenvalue weighted by molar-refractivity contribution is 0.528. The van der Waals surface area contributed by atoms with Gasteiger partial charge in [-0.25, -0.2) is 4.79 Å². The SMILES string of the molecule is Cn1c(=O)oc2ccc(NC3CCc4cccnc4CC3)cc21. The number of aromatic nitrogens is 2. The Morgan fingerprint density at radius 1 is 1.26 bits per heavy atom. The van der Waals surface area contributed by atoms with Gasteiger partial charge in [-0.05, 0) is 55.5 Å². The smallest absolute Gasteiger partial charge is 0.408 e. The van der Waals surface area contributed by atoms with Gasteiger partial charge < -0.3 is 9.73 Å². The third kappa shape index (κ3) is 2.63. The van der Waals surface area contributed by atoms with Gasteiger partial charge in [-0.1, -0.05) is 6.07 Å². The van der Waals surface area contributed by atoms with E-state index in [1.165, 1.54) is 15.8 Å². The second-order valence-electron chi connectivity index (χ2n) is 6.14. The molecular formula is C18H19N3O2. The molecular weight excluding hydrogens is 290 g/mol. The van der Waals surface area contributed by atoms with Crippen molar-refractivity contribution in [2.45, 2.75) is 31.7 Å². The van der Waals surface area contributed by atoms with Gasteiger partial charge in [-0.2, -0.15) is 0 Å². The molecule has 1 aliphatic carbocycles. The molecule has 0 saturated heterocycles. The molecule has 0 amide bonds. The first-order chi connectivity index (χ1) is 11.2. The maximum atomic E-state index is 11.6. The molecule has 2 aromatic heterocycles. The van der Waals surface area contributed by atoms with Crippen molar-refractivity contribution in [2.75, 3.05) is 5.32 Å². The van der Waals surface area contributed by atoms with Crippen molar-refractivity contribution >= 4 is 16.8 Å². The third-order valence-electron chi connectivity index (χ3n) is 4.64. The topological polar surface area (TPSA) is 60.1 Å². The Bertz CT molecular complexity index is 883. The molecule has 2 heterocycles. The first-order valence-electron chi connectivity index (χ1n) is 7.99. The highest BCUT2D eigenvalue weighted by molar-refractivity contribution is 5.77. The predicted octanol–water partition coefficient (Wildman–Crippen LogP) is 2.89. The Kier molecular flexibility index (Phi) is 3.41. The molecule has 0 saturated carbocycles. The van der Waals surface area contributed by atoms with Crippen molar-refractivity contribution in [1.82, 2.24) is 9.55 Å². The van der Waals surface area contributed by atoms with Gasteiger partial charge in [0.2, 0.25) is 0 Å². The van der Waals surface area contributed by atoms with E-state index < -0.39 is 0 Å². The quantitative estimate of drug-likeness (QED) is 0.740. The summed E-state index contributed by atoms with van der Waals surface area (Å²) in [4.78, 5) is 16.1. The fourth-order valence-corrected chi connectivity index (χ4v) is 3.31. The number of pyridine rings is 1. The van der Waals surface area contributed by atoms with Gasteiger partial charge in [0.05, 0.1) is 5.52 Å². The lowest BCUT2D eigenvalue weighted by atomic mass is 10.1. The highest BCUT2D eigenvalue weighted by Gasteiger charge is 2.17. The van der Waals surface area contributed by atoms with E-state index in [0.29, 0.717) is 11.6 Å². The van der Waals surface area contributed by atoms with Crippen molar-refractivity contribution in [3.05, 3.63) is 58.3 Å². The molecule has 0 fully saturated rings. The summed E-state index contributed by atoms with van der Waals surface area (Å²) in [6.45, 7) is 0. The number of hydrogen-bond acceptors (Lipinski definition) is 4. The minimum Gasteiger partial charge on any atom is -0.408 e. The number of hydrogen-bond donors (Lipinski definition) is 1. The van der Waals surface area contributed by atoms with E-state index in [0.717, 1.165) is 36.9 Å². The predicted molar refractivity (Wildman–Crippen MR) is 89.7 cm³/mol. The van der Waals surface area contributed by atoms with Crippen LogP contribution in [0.2, 0.25) is 0 Å². The summed E-state index contributed by atoms with van der Waals surface area (Å²) in [5.74, 6) is -0.326. The maximum Gasteiger partial charge on any atom is 0.419 e. The van der Waals surface area contributed by atoms with E-state index in [1.54, 1.807) is 7.05 Å². The van der Waals surface area contributed by atoms with Crippen LogP contribution in [0, 0.1) is 0 Å². The summed E-state index contributed by atoms with van der Waals surface area (Å²) in [6.07, 6.45) is 6.07. The van der Waals surface area contributed by atoms with Crippen LogP contribution in [0.25, 0.3) is 11.1 Å². The molecule has 1 unspecified atom stereocenters. The molecule has 1 aliphatic rings. The van der Waals surface area contributed by atoms with Gasteiger partial charge in [-0.3, -0.25) is 9.55 Å². The Morgan fingerprint density at radius 3 is 3.04 bits per heavy atom. The molecule has 1 atom stereocenters. The number of rotatable bonds is 2. The van der Waals surface area contributed by atoms with Crippen LogP contribution in [0.15, 0.2) is 45.7 Å². The zero-order chi connectivity index (χ0) is 15.8. The van der Waals surface area contributed by atoms with Crippen LogP contribution in [0.1, 0.15) is 24.1 Å². The Balaban J connectivity index is 1.55. The number of nitrogens with zero attached hydrogens (tertiary/aromatic N) is 2. The maximum absolute atomic E-state index is 11.6. The van der Waals surface area contributed by atoms with Crippen molar-refractivity contribution in [3.8, 4) is 0 Å². The molecule has 118 valence electrons. The molecule has 1 aromatic carbocycles. The van der Waals surface area contributed by atoms with Crippen LogP contribution in [-0.2, 0) is 19.9 Å². The largest absolute Gasteiger partial charge is 0.419 e. The second-order valence-corrected chi connectivity index (χ2v) is 6.14. The summed E-state index contributed by atoms with van der Waals surface area (Å²) in [7, 11) is 1.73. The number of anilines is 1. The van der Waals surface area contributed by atoms with Gasteiger partial charge >= 0.3 is 5.76 Å². The monoisotopic (exact) mass is 309 g/mol. The van der Waals surface area contributed by atoms with E-state index in [4.69, 9.17) is 4.42 Å². The summed E-state index contributed by atoms with van der Waals surface area (Å²) in [5.41, 5.74) is 5.06. The highest BCUT2D eigenvalue weighted by Crippen LogP contribution is 2.23. The van der Waals surface area contributed by atoms with Crippen molar-refractivity contribution < 1.29 is 4.42 Å². The first-order valence-corrected chi connectivity index (χ1v) is 7.99. The lowest BCUT2D eigenvalue weighted by Crippen LogP contribution is -2.19. The summed E-state index contributed by atoms with van der Waals surface area (Å²) in [5, 5.41) is 3.60. The fraction of sp³-hybridized carbons (Fsp3) is 0.333. The Morgan fingerprint density at radius 2 is 2.13 bits per heavy atom. The average molecular weight is 309 g/mol. The molecule has 5 nitrogen and oxygen atoms in total.